The first-order chi connectivity index (χ1) is 4.91. The van der Waals surface area contributed by atoms with E-state index in [1.165, 1.54) is 0 Å². The van der Waals surface area contributed by atoms with Crippen molar-refractivity contribution in [3.05, 3.63) is 4.91 Å². The van der Waals surface area contributed by atoms with Gasteiger partial charge in [-0.25, -0.2) is 0 Å². The monoisotopic (exact) mass is 177 g/mol. The molecule has 0 rings (SSSR count). The average Bonchev–Trinajstić information content (AvgIpc) is 1.86. The van der Waals surface area contributed by atoms with Gasteiger partial charge in [-0.3, -0.25) is 4.79 Å². The van der Waals surface area contributed by atoms with E-state index in [2.05, 4.69) is 4.58 Å². The summed E-state index contributed by atoms with van der Waals surface area (Å²) < 4.78 is 1.98. The van der Waals surface area contributed by atoms with Gasteiger partial charge in [0.1, 0.15) is 0 Å². The van der Waals surface area contributed by atoms with E-state index in [0.29, 0.717) is 0 Å². The Balaban J connectivity index is 4.27. The number of nitrogens with zero attached hydrogens (tertiary/aromatic N) is 1. The fraction of sp³-hybridized carbons (Fsp3) is 0.833. The Morgan fingerprint density at radius 1 is 1.64 bits per heavy atom. The highest BCUT2D eigenvalue weighted by Gasteiger charge is 2.32. The van der Waals surface area contributed by atoms with Gasteiger partial charge < -0.3 is 5.11 Å². The standard InChI is InChI=1S/C6H11NO3S/c1-4(5(8)9)6(2,3)11-7-10/h4H,1-3H3,(H,8,9). The first kappa shape index (κ1) is 10.4. The molecule has 0 aromatic rings. The van der Waals surface area contributed by atoms with Crippen molar-refractivity contribution in [1.82, 2.24) is 0 Å². The van der Waals surface area contributed by atoms with Gasteiger partial charge in [-0.2, -0.15) is 0 Å². The van der Waals surface area contributed by atoms with Gasteiger partial charge in [-0.05, 0) is 13.8 Å². The van der Waals surface area contributed by atoms with Gasteiger partial charge in [0.05, 0.1) is 5.92 Å². The van der Waals surface area contributed by atoms with Gasteiger partial charge in [0, 0.05) is 21.3 Å². The Morgan fingerprint density at radius 3 is 2.36 bits per heavy atom. The fourth-order valence-corrected chi connectivity index (χ4v) is 0.924. The number of nitroso groups, excluding NO2 is 1. The summed E-state index contributed by atoms with van der Waals surface area (Å²) in [6, 6.07) is 0. The maximum Gasteiger partial charge on any atom is 0.307 e. The molecule has 0 saturated heterocycles. The molecule has 1 N–H and O–H groups in total. The lowest BCUT2D eigenvalue weighted by Crippen LogP contribution is -2.30. The van der Waals surface area contributed by atoms with E-state index in [1.54, 1.807) is 20.8 Å². The van der Waals surface area contributed by atoms with Crippen molar-refractivity contribution in [2.75, 3.05) is 0 Å². The topological polar surface area (TPSA) is 66.7 Å². The Hall–Kier alpha value is -0.580. The molecule has 4 nitrogen and oxygen atoms in total. The second-order valence-corrected chi connectivity index (χ2v) is 4.21. The maximum absolute atomic E-state index is 10.5. The molecular formula is C6H11NO3S. The molecular weight excluding hydrogens is 166 g/mol. The van der Waals surface area contributed by atoms with Gasteiger partial charge in [-0.1, -0.05) is 6.92 Å². The Bertz CT molecular complexity index is 169. The van der Waals surface area contributed by atoms with Gasteiger partial charge >= 0.3 is 5.97 Å². The quantitative estimate of drug-likeness (QED) is 0.526. The van der Waals surface area contributed by atoms with Crippen molar-refractivity contribution in [3.8, 4) is 0 Å². The van der Waals surface area contributed by atoms with Crippen LogP contribution in [0, 0.1) is 10.8 Å². The van der Waals surface area contributed by atoms with Crippen molar-refractivity contribution in [1.29, 1.82) is 0 Å². The first-order valence-corrected chi connectivity index (χ1v) is 3.93. The molecule has 0 amide bonds. The van der Waals surface area contributed by atoms with E-state index in [4.69, 9.17) is 5.11 Å². The molecule has 0 radical (unpaired) electrons. The van der Waals surface area contributed by atoms with Gasteiger partial charge in [0.15, 0.2) is 0 Å². The molecule has 0 spiro atoms. The summed E-state index contributed by atoms with van der Waals surface area (Å²) >= 11 is 0.759. The van der Waals surface area contributed by atoms with Gasteiger partial charge in [-0.15, -0.1) is 4.91 Å². The fourth-order valence-electron chi connectivity index (χ4n) is 0.472. The molecule has 0 aliphatic rings. The van der Waals surface area contributed by atoms with Crippen molar-refractivity contribution >= 4 is 17.9 Å². The average molecular weight is 177 g/mol. The number of carboxylic acids is 1. The van der Waals surface area contributed by atoms with E-state index in [0.717, 1.165) is 11.9 Å². The SMILES string of the molecule is CC(C(=O)O)C(C)(C)SN=O. The lowest BCUT2D eigenvalue weighted by Gasteiger charge is -2.23. The minimum Gasteiger partial charge on any atom is -0.481 e. The zero-order valence-electron chi connectivity index (χ0n) is 6.70. The van der Waals surface area contributed by atoms with Crippen LogP contribution in [-0.2, 0) is 4.79 Å². The normalized spacial score (nSPS) is 14.1. The molecule has 0 saturated carbocycles. The van der Waals surface area contributed by atoms with Crippen LogP contribution in [0.4, 0.5) is 0 Å². The highest BCUT2D eigenvalue weighted by Crippen LogP contribution is 2.32. The first-order valence-electron chi connectivity index (χ1n) is 3.15. The number of carbonyl (C=O) groups is 1. The Morgan fingerprint density at radius 2 is 2.09 bits per heavy atom. The zero-order valence-corrected chi connectivity index (χ0v) is 7.51. The number of aliphatic carboxylic acids is 1. The predicted octanol–water partition coefficient (Wildman–Crippen LogP) is 1.90. The lowest BCUT2D eigenvalue weighted by atomic mass is 9.97. The minimum atomic E-state index is -0.911. The van der Waals surface area contributed by atoms with Crippen LogP contribution in [0.1, 0.15) is 20.8 Å². The molecule has 5 heteroatoms. The Labute approximate surface area is 69.5 Å². The lowest BCUT2D eigenvalue weighted by molar-refractivity contribution is -0.141. The number of carboxylic acid groups (broad SMARTS) is 1. The minimum absolute atomic E-state index is 0.579. The molecule has 1 unspecified atom stereocenters. The number of rotatable bonds is 4. The van der Waals surface area contributed by atoms with E-state index < -0.39 is 16.6 Å². The van der Waals surface area contributed by atoms with Crippen LogP contribution in [0.15, 0.2) is 4.58 Å². The highest BCUT2D eigenvalue weighted by atomic mass is 32.2. The number of hydrogen-bond acceptors (Lipinski definition) is 4. The van der Waals surface area contributed by atoms with Crippen LogP contribution >= 0.6 is 11.9 Å². The van der Waals surface area contributed by atoms with Crippen molar-refractivity contribution < 1.29 is 9.90 Å². The molecule has 0 bridgehead atoms. The summed E-state index contributed by atoms with van der Waals surface area (Å²) in [4.78, 5) is 20.3. The molecule has 0 fully saturated rings. The van der Waals surface area contributed by atoms with Crippen molar-refractivity contribution in [3.63, 3.8) is 0 Å². The predicted molar refractivity (Wildman–Crippen MR) is 44.3 cm³/mol. The van der Waals surface area contributed by atoms with Gasteiger partial charge in [0.25, 0.3) is 0 Å². The van der Waals surface area contributed by atoms with Crippen LogP contribution in [-0.4, -0.2) is 15.8 Å². The van der Waals surface area contributed by atoms with Gasteiger partial charge in [0.2, 0.25) is 0 Å². The van der Waals surface area contributed by atoms with E-state index in [1.807, 2.05) is 0 Å². The van der Waals surface area contributed by atoms with Crippen LogP contribution in [0.5, 0.6) is 0 Å². The van der Waals surface area contributed by atoms with E-state index in [9.17, 15) is 9.70 Å². The van der Waals surface area contributed by atoms with Crippen molar-refractivity contribution in [2.45, 2.75) is 25.5 Å². The van der Waals surface area contributed by atoms with Crippen LogP contribution in [0.25, 0.3) is 0 Å². The van der Waals surface area contributed by atoms with Crippen LogP contribution in [0.2, 0.25) is 0 Å². The summed E-state index contributed by atoms with van der Waals surface area (Å²) in [6.07, 6.45) is 0. The summed E-state index contributed by atoms with van der Waals surface area (Å²) in [7, 11) is 0. The largest absolute Gasteiger partial charge is 0.481 e. The summed E-state index contributed by atoms with van der Waals surface area (Å²) in [5.41, 5.74) is 0. The van der Waals surface area contributed by atoms with E-state index >= 15 is 0 Å². The van der Waals surface area contributed by atoms with Crippen molar-refractivity contribution in [2.24, 2.45) is 10.5 Å². The second-order valence-electron chi connectivity index (χ2n) is 2.83. The van der Waals surface area contributed by atoms with Crippen LogP contribution in [0.3, 0.4) is 0 Å². The molecule has 1 atom stereocenters. The second kappa shape index (κ2) is 3.71. The molecule has 0 heterocycles. The summed E-state index contributed by atoms with van der Waals surface area (Å²) in [5, 5.41) is 8.59. The molecule has 64 valence electrons. The molecule has 0 aromatic carbocycles. The molecule has 0 aliphatic carbocycles. The summed E-state index contributed by atoms with van der Waals surface area (Å²) in [5.74, 6) is -1.49. The molecule has 0 aromatic heterocycles. The van der Waals surface area contributed by atoms with Crippen LogP contribution < -0.4 is 0 Å². The maximum atomic E-state index is 10.5. The third-order valence-electron chi connectivity index (χ3n) is 1.69. The smallest absolute Gasteiger partial charge is 0.307 e. The highest BCUT2D eigenvalue weighted by molar-refractivity contribution is 7.99. The molecule has 0 aliphatic heterocycles. The summed E-state index contributed by atoms with van der Waals surface area (Å²) in [6.45, 7) is 4.91. The Kier molecular flexibility index (Phi) is 3.51. The zero-order chi connectivity index (χ0) is 9.07. The molecule has 11 heavy (non-hydrogen) atoms. The third kappa shape index (κ3) is 2.88. The number of hydrogen-bond donors (Lipinski definition) is 1. The third-order valence-corrected chi connectivity index (χ3v) is 2.58. The van der Waals surface area contributed by atoms with E-state index in [-0.39, 0.29) is 0 Å².